The maximum absolute atomic E-state index is 10.9. The normalized spacial score (nSPS) is 11.6. The lowest BCUT2D eigenvalue weighted by Crippen LogP contribution is -2.32. The summed E-state index contributed by atoms with van der Waals surface area (Å²) >= 11 is 0. The largest absolute Gasteiger partial charge is 0.359 e. The van der Waals surface area contributed by atoms with E-state index in [0.29, 0.717) is 12.8 Å². The van der Waals surface area contributed by atoms with Gasteiger partial charge in [-0.3, -0.25) is 9.59 Å². The van der Waals surface area contributed by atoms with Crippen molar-refractivity contribution in [1.29, 1.82) is 0 Å². The molecule has 0 unspecified atom stereocenters. The van der Waals surface area contributed by atoms with Gasteiger partial charge in [0.25, 0.3) is 0 Å². The van der Waals surface area contributed by atoms with Crippen molar-refractivity contribution in [3.8, 4) is 0 Å². The predicted molar refractivity (Wildman–Crippen MR) is 55.7 cm³/mol. The minimum absolute atomic E-state index is 0.0128. The molecular formula is C10H18N2O2. The van der Waals surface area contributed by atoms with Crippen LogP contribution in [0, 0.1) is 0 Å². The molecule has 2 N–H and O–H groups in total. The van der Waals surface area contributed by atoms with E-state index in [1.807, 2.05) is 6.92 Å². The van der Waals surface area contributed by atoms with Gasteiger partial charge in [-0.05, 0) is 13.3 Å². The van der Waals surface area contributed by atoms with E-state index >= 15 is 0 Å². The summed E-state index contributed by atoms with van der Waals surface area (Å²) in [4.78, 5) is 21.6. The Bertz CT molecular complexity index is 236. The second kappa shape index (κ2) is 6.18. The molecule has 14 heavy (non-hydrogen) atoms. The molecule has 0 rings (SSSR count). The van der Waals surface area contributed by atoms with Gasteiger partial charge >= 0.3 is 0 Å². The zero-order valence-corrected chi connectivity index (χ0v) is 9.02. The number of nitrogens with one attached hydrogen (secondary N) is 2. The van der Waals surface area contributed by atoms with E-state index in [9.17, 15) is 9.59 Å². The standard InChI is InChI=1S/C10H18N2O2/c1-7(5-6-10(14)11-4)8(2)12-9(3)13/h8H,1,5-6H2,2-4H3,(H,11,14)(H,12,13)/t8-/m0/s1. The summed E-state index contributed by atoms with van der Waals surface area (Å²) in [6.07, 6.45) is 1.01. The molecule has 0 spiro atoms. The van der Waals surface area contributed by atoms with E-state index in [4.69, 9.17) is 0 Å². The molecular weight excluding hydrogens is 180 g/mol. The average molecular weight is 198 g/mol. The second-order valence-electron chi connectivity index (χ2n) is 3.25. The van der Waals surface area contributed by atoms with Crippen molar-refractivity contribution in [2.24, 2.45) is 0 Å². The van der Waals surface area contributed by atoms with E-state index in [1.54, 1.807) is 7.05 Å². The Morgan fingerprint density at radius 2 is 1.93 bits per heavy atom. The summed E-state index contributed by atoms with van der Waals surface area (Å²) in [5.74, 6) is -0.0974. The zero-order chi connectivity index (χ0) is 11.1. The Labute approximate surface area is 84.8 Å². The van der Waals surface area contributed by atoms with Gasteiger partial charge in [0.15, 0.2) is 0 Å². The predicted octanol–water partition coefficient (Wildman–Crippen LogP) is 0.593. The maximum atomic E-state index is 10.9. The van der Waals surface area contributed by atoms with Crippen LogP contribution in [0.5, 0.6) is 0 Å². The van der Waals surface area contributed by atoms with Gasteiger partial charge in [-0.15, -0.1) is 0 Å². The highest BCUT2D eigenvalue weighted by atomic mass is 16.2. The van der Waals surface area contributed by atoms with Crippen LogP contribution in [0.25, 0.3) is 0 Å². The summed E-state index contributed by atoms with van der Waals surface area (Å²) in [7, 11) is 1.60. The number of rotatable bonds is 5. The molecule has 0 heterocycles. The Hall–Kier alpha value is -1.32. The first kappa shape index (κ1) is 12.7. The van der Waals surface area contributed by atoms with Crippen LogP contribution in [0.1, 0.15) is 26.7 Å². The first-order chi connectivity index (χ1) is 6.47. The number of hydrogen-bond acceptors (Lipinski definition) is 2. The van der Waals surface area contributed by atoms with Gasteiger partial charge < -0.3 is 10.6 Å². The Balaban J connectivity index is 3.84. The summed E-state index contributed by atoms with van der Waals surface area (Å²) < 4.78 is 0. The molecule has 2 amide bonds. The summed E-state index contributed by atoms with van der Waals surface area (Å²) in [5, 5.41) is 5.25. The van der Waals surface area contributed by atoms with Crippen LogP contribution in [0.3, 0.4) is 0 Å². The van der Waals surface area contributed by atoms with Crippen LogP contribution in [0.4, 0.5) is 0 Å². The molecule has 1 atom stereocenters. The van der Waals surface area contributed by atoms with Crippen molar-refractivity contribution >= 4 is 11.8 Å². The first-order valence-electron chi connectivity index (χ1n) is 4.62. The van der Waals surface area contributed by atoms with Gasteiger partial charge in [-0.2, -0.15) is 0 Å². The van der Waals surface area contributed by atoms with E-state index in [-0.39, 0.29) is 17.9 Å². The third kappa shape index (κ3) is 5.35. The van der Waals surface area contributed by atoms with Crippen molar-refractivity contribution in [3.05, 3.63) is 12.2 Å². The Morgan fingerprint density at radius 3 is 2.36 bits per heavy atom. The Kier molecular flexibility index (Phi) is 5.60. The molecule has 0 fully saturated rings. The molecule has 80 valence electrons. The molecule has 0 aliphatic rings. The SMILES string of the molecule is C=C(CCC(=O)NC)[C@H](C)NC(C)=O. The van der Waals surface area contributed by atoms with Crippen molar-refractivity contribution in [2.45, 2.75) is 32.7 Å². The molecule has 0 aromatic heterocycles. The molecule has 0 saturated carbocycles. The summed E-state index contributed by atoms with van der Waals surface area (Å²) in [6.45, 7) is 7.13. The lowest BCUT2D eigenvalue weighted by atomic mass is 10.1. The fourth-order valence-corrected chi connectivity index (χ4v) is 1.02. The molecule has 0 saturated heterocycles. The van der Waals surface area contributed by atoms with Crippen LogP contribution in [-0.2, 0) is 9.59 Å². The van der Waals surface area contributed by atoms with E-state index < -0.39 is 0 Å². The monoisotopic (exact) mass is 198 g/mol. The molecule has 4 nitrogen and oxygen atoms in total. The fourth-order valence-electron chi connectivity index (χ4n) is 1.02. The summed E-state index contributed by atoms with van der Waals surface area (Å²) in [5.41, 5.74) is 0.865. The highest BCUT2D eigenvalue weighted by Crippen LogP contribution is 2.07. The van der Waals surface area contributed by atoms with Crippen molar-refractivity contribution in [1.82, 2.24) is 10.6 Å². The lowest BCUT2D eigenvalue weighted by molar-refractivity contribution is -0.120. The van der Waals surface area contributed by atoms with E-state index in [1.165, 1.54) is 6.92 Å². The quantitative estimate of drug-likeness (QED) is 0.635. The number of hydrogen-bond donors (Lipinski definition) is 2. The van der Waals surface area contributed by atoms with Crippen LogP contribution < -0.4 is 10.6 Å². The molecule has 0 radical (unpaired) electrons. The highest BCUT2D eigenvalue weighted by Gasteiger charge is 2.08. The van der Waals surface area contributed by atoms with Crippen LogP contribution in [-0.4, -0.2) is 24.9 Å². The number of carbonyl (C=O) groups is 2. The third-order valence-electron chi connectivity index (χ3n) is 1.98. The minimum Gasteiger partial charge on any atom is -0.359 e. The van der Waals surface area contributed by atoms with Gasteiger partial charge in [-0.25, -0.2) is 0 Å². The van der Waals surface area contributed by atoms with Gasteiger partial charge in [0.05, 0.1) is 0 Å². The van der Waals surface area contributed by atoms with Crippen molar-refractivity contribution < 1.29 is 9.59 Å². The number of amides is 2. The molecule has 0 aliphatic carbocycles. The molecule has 4 heteroatoms. The van der Waals surface area contributed by atoms with Gasteiger partial charge in [0.1, 0.15) is 0 Å². The lowest BCUT2D eigenvalue weighted by Gasteiger charge is -2.14. The average Bonchev–Trinajstić information content (AvgIpc) is 2.12. The third-order valence-corrected chi connectivity index (χ3v) is 1.98. The van der Waals surface area contributed by atoms with Gasteiger partial charge in [-0.1, -0.05) is 12.2 Å². The molecule has 0 aromatic carbocycles. The van der Waals surface area contributed by atoms with Gasteiger partial charge in [0.2, 0.25) is 11.8 Å². The van der Waals surface area contributed by atoms with Crippen molar-refractivity contribution in [3.63, 3.8) is 0 Å². The zero-order valence-electron chi connectivity index (χ0n) is 9.02. The summed E-state index contributed by atoms with van der Waals surface area (Å²) in [6, 6.07) is -0.0721. The molecule has 0 aliphatic heterocycles. The van der Waals surface area contributed by atoms with Crippen LogP contribution in [0.2, 0.25) is 0 Å². The fraction of sp³-hybridized carbons (Fsp3) is 0.600. The first-order valence-corrected chi connectivity index (χ1v) is 4.62. The topological polar surface area (TPSA) is 58.2 Å². The minimum atomic E-state index is -0.0846. The Morgan fingerprint density at radius 1 is 1.36 bits per heavy atom. The van der Waals surface area contributed by atoms with Gasteiger partial charge in [0, 0.05) is 26.4 Å². The van der Waals surface area contributed by atoms with Crippen LogP contribution >= 0.6 is 0 Å². The maximum Gasteiger partial charge on any atom is 0.220 e. The highest BCUT2D eigenvalue weighted by molar-refractivity contribution is 5.76. The molecule has 0 bridgehead atoms. The van der Waals surface area contributed by atoms with Crippen molar-refractivity contribution in [2.75, 3.05) is 7.05 Å². The van der Waals surface area contributed by atoms with E-state index in [2.05, 4.69) is 17.2 Å². The van der Waals surface area contributed by atoms with E-state index in [0.717, 1.165) is 5.57 Å². The second-order valence-corrected chi connectivity index (χ2v) is 3.25. The molecule has 0 aromatic rings. The smallest absolute Gasteiger partial charge is 0.220 e. The number of carbonyl (C=O) groups excluding carboxylic acids is 2. The van der Waals surface area contributed by atoms with Crippen LogP contribution in [0.15, 0.2) is 12.2 Å².